The molecule has 238 valence electrons. The van der Waals surface area contributed by atoms with E-state index in [1.165, 1.54) is 31.2 Å². The van der Waals surface area contributed by atoms with E-state index < -0.39 is 63.6 Å². The Bertz CT molecular complexity index is 1480. The van der Waals surface area contributed by atoms with Crippen LogP contribution in [0.5, 0.6) is 5.75 Å². The van der Waals surface area contributed by atoms with E-state index in [4.69, 9.17) is 18.9 Å². The Morgan fingerprint density at radius 3 is 2.36 bits per heavy atom. The molecule has 16 heteroatoms. The molecule has 1 aliphatic heterocycles. The lowest BCUT2D eigenvalue weighted by Crippen LogP contribution is -2.70. The van der Waals surface area contributed by atoms with Crippen molar-refractivity contribution in [2.24, 2.45) is 5.92 Å². The highest BCUT2D eigenvalue weighted by atomic mass is 32.2. The third kappa shape index (κ3) is 8.95. The van der Waals surface area contributed by atoms with Gasteiger partial charge in [-0.1, -0.05) is 18.2 Å². The number of hydrogen-bond acceptors (Lipinski definition) is 13. The van der Waals surface area contributed by atoms with E-state index in [-0.39, 0.29) is 24.8 Å². The van der Waals surface area contributed by atoms with Crippen molar-refractivity contribution in [2.75, 3.05) is 20.3 Å². The monoisotopic (exact) mass is 643 g/mol. The Morgan fingerprint density at radius 1 is 1.04 bits per heavy atom. The summed E-state index contributed by atoms with van der Waals surface area (Å²) < 4.78 is 25.6. The van der Waals surface area contributed by atoms with Crippen molar-refractivity contribution >= 4 is 46.7 Å². The SMILES string of the molecule is COC(=O)O/C(C)=C(/C(=O)OCc1ccc([N+](=O)[O-])cc1)N1C(=O)C(NC(=O)COc2ccccc2)C1SC(=O)OCC1CC1. The summed E-state index contributed by atoms with van der Waals surface area (Å²) in [6.07, 6.45) is 0.643. The first-order chi connectivity index (χ1) is 21.6. The highest BCUT2D eigenvalue weighted by molar-refractivity contribution is 8.13. The molecule has 1 aliphatic carbocycles. The first-order valence-electron chi connectivity index (χ1n) is 13.6. The zero-order valence-corrected chi connectivity index (χ0v) is 25.0. The molecule has 2 fully saturated rings. The lowest BCUT2D eigenvalue weighted by atomic mass is 10.1. The zero-order valence-electron chi connectivity index (χ0n) is 24.2. The van der Waals surface area contributed by atoms with Crippen molar-refractivity contribution in [3.8, 4) is 5.75 Å². The molecule has 0 bridgehead atoms. The second kappa shape index (κ2) is 15.1. The molecule has 1 saturated carbocycles. The molecule has 45 heavy (non-hydrogen) atoms. The summed E-state index contributed by atoms with van der Waals surface area (Å²) in [5, 5.41) is 11.5. The maximum absolute atomic E-state index is 13.4. The van der Waals surface area contributed by atoms with Crippen LogP contribution in [0.2, 0.25) is 0 Å². The molecule has 4 rings (SSSR count). The molecule has 2 aromatic carbocycles. The van der Waals surface area contributed by atoms with Crippen molar-refractivity contribution in [1.82, 2.24) is 10.2 Å². The number of hydrogen-bond donors (Lipinski definition) is 1. The number of thioether (sulfide) groups is 1. The number of esters is 1. The third-order valence-corrected chi connectivity index (χ3v) is 7.55. The number of nitro groups is 1. The minimum atomic E-state index is -1.29. The van der Waals surface area contributed by atoms with E-state index >= 15 is 0 Å². The van der Waals surface area contributed by atoms with Gasteiger partial charge in [0.15, 0.2) is 12.3 Å². The van der Waals surface area contributed by atoms with Crippen LogP contribution >= 0.6 is 11.8 Å². The number of amides is 2. The number of para-hydroxylation sites is 1. The van der Waals surface area contributed by atoms with E-state index in [1.54, 1.807) is 30.3 Å². The van der Waals surface area contributed by atoms with E-state index in [0.717, 1.165) is 24.9 Å². The van der Waals surface area contributed by atoms with Crippen LogP contribution in [-0.4, -0.2) is 70.8 Å². The molecule has 0 radical (unpaired) electrons. The standard InChI is InChI=1S/C29H29N3O12S/c1-17(44-28(36)40-2)24(27(35)42-14-19-10-12-20(13-11-19)32(38)39)31-25(34)23(26(31)45-29(37)43-15-18-8-9-18)30-22(33)16-41-21-6-4-3-5-7-21/h3-7,10-13,18,23,26H,8-9,14-16H2,1-2H3,(H,30,33)/b24-17-. The van der Waals surface area contributed by atoms with Crippen LogP contribution in [0, 0.1) is 16.0 Å². The van der Waals surface area contributed by atoms with Crippen LogP contribution in [0.3, 0.4) is 0 Å². The minimum Gasteiger partial charge on any atom is -0.484 e. The van der Waals surface area contributed by atoms with E-state index in [0.29, 0.717) is 23.1 Å². The van der Waals surface area contributed by atoms with Gasteiger partial charge in [-0.2, -0.15) is 0 Å². The molecule has 1 heterocycles. The summed E-state index contributed by atoms with van der Waals surface area (Å²) in [5.41, 5.74) is -0.325. The minimum absolute atomic E-state index is 0.171. The van der Waals surface area contributed by atoms with Crippen LogP contribution in [0.25, 0.3) is 0 Å². The van der Waals surface area contributed by atoms with E-state index in [1.807, 2.05) is 0 Å². The molecule has 2 unspecified atom stereocenters. The maximum Gasteiger partial charge on any atom is 0.513 e. The first kappa shape index (κ1) is 32.8. The lowest BCUT2D eigenvalue weighted by Gasteiger charge is -2.46. The Morgan fingerprint density at radius 2 is 1.73 bits per heavy atom. The molecule has 0 spiro atoms. The van der Waals surface area contributed by atoms with Gasteiger partial charge in [0.05, 0.1) is 18.6 Å². The molecular formula is C29H29N3O12S. The number of rotatable bonds is 13. The fourth-order valence-corrected chi connectivity index (χ4v) is 4.97. The number of benzene rings is 2. The molecule has 15 nitrogen and oxygen atoms in total. The maximum atomic E-state index is 13.4. The summed E-state index contributed by atoms with van der Waals surface area (Å²) in [4.78, 5) is 75.4. The summed E-state index contributed by atoms with van der Waals surface area (Å²) in [5.74, 6) is -2.34. The predicted octanol–water partition coefficient (Wildman–Crippen LogP) is 3.66. The normalized spacial score (nSPS) is 17.6. The van der Waals surface area contributed by atoms with Gasteiger partial charge in [-0.3, -0.25) is 24.6 Å². The van der Waals surface area contributed by atoms with Gasteiger partial charge in [0, 0.05) is 12.1 Å². The molecule has 2 atom stereocenters. The molecule has 1 N–H and O–H groups in total. The van der Waals surface area contributed by atoms with Gasteiger partial charge in [-0.05, 0) is 67.3 Å². The fourth-order valence-electron chi connectivity index (χ4n) is 4.00. The van der Waals surface area contributed by atoms with Crippen molar-refractivity contribution in [3.05, 3.63) is 81.7 Å². The second-order valence-electron chi connectivity index (χ2n) is 9.83. The summed E-state index contributed by atoms with van der Waals surface area (Å²) >= 11 is 0.550. The highest BCUT2D eigenvalue weighted by Crippen LogP contribution is 2.37. The molecule has 2 aromatic rings. The number of carbonyl (C=O) groups is 5. The first-order valence-corrected chi connectivity index (χ1v) is 14.5. The van der Waals surface area contributed by atoms with Gasteiger partial charge in [-0.15, -0.1) is 0 Å². The van der Waals surface area contributed by atoms with Gasteiger partial charge in [0.2, 0.25) is 0 Å². The van der Waals surface area contributed by atoms with E-state index in [2.05, 4.69) is 10.1 Å². The van der Waals surface area contributed by atoms with Crippen molar-refractivity contribution < 1.29 is 52.6 Å². The van der Waals surface area contributed by atoms with Gasteiger partial charge in [0.25, 0.3) is 17.5 Å². The largest absolute Gasteiger partial charge is 0.513 e. The van der Waals surface area contributed by atoms with Gasteiger partial charge in [0.1, 0.15) is 29.5 Å². The number of likely N-dealkylation sites (tertiary alicyclic amines) is 1. The average molecular weight is 644 g/mol. The quantitative estimate of drug-likeness (QED) is 0.0633. The van der Waals surface area contributed by atoms with E-state index in [9.17, 15) is 34.1 Å². The molecule has 2 aliphatic rings. The molecule has 2 amide bonds. The van der Waals surface area contributed by atoms with Crippen LogP contribution in [0.4, 0.5) is 15.3 Å². The van der Waals surface area contributed by atoms with Gasteiger partial charge >= 0.3 is 17.4 Å². The summed E-state index contributed by atoms with van der Waals surface area (Å²) in [7, 11) is 1.04. The van der Waals surface area contributed by atoms with Gasteiger partial charge in [-0.25, -0.2) is 14.4 Å². The highest BCUT2D eigenvalue weighted by Gasteiger charge is 2.54. The van der Waals surface area contributed by atoms with Crippen LogP contribution in [0.1, 0.15) is 25.3 Å². The summed E-state index contributed by atoms with van der Waals surface area (Å²) in [6.45, 7) is 0.576. The summed E-state index contributed by atoms with van der Waals surface area (Å²) in [6, 6.07) is 12.4. The Kier molecular flexibility index (Phi) is 11.0. The number of nitro benzene ring substituents is 1. The van der Waals surface area contributed by atoms with Crippen molar-refractivity contribution in [3.63, 3.8) is 0 Å². The average Bonchev–Trinajstić information content (AvgIpc) is 3.87. The zero-order chi connectivity index (χ0) is 32.5. The Labute approximate surface area is 260 Å². The van der Waals surface area contributed by atoms with Gasteiger partial charge < -0.3 is 29.0 Å². The van der Waals surface area contributed by atoms with Crippen molar-refractivity contribution in [1.29, 1.82) is 0 Å². The Hall–Kier alpha value is -5.12. The molecule has 1 saturated heterocycles. The predicted molar refractivity (Wildman–Crippen MR) is 155 cm³/mol. The number of non-ortho nitro benzene ring substituents is 1. The van der Waals surface area contributed by atoms with Crippen LogP contribution in [0.15, 0.2) is 66.1 Å². The third-order valence-electron chi connectivity index (χ3n) is 6.51. The van der Waals surface area contributed by atoms with Crippen LogP contribution in [-0.2, 0) is 39.9 Å². The van der Waals surface area contributed by atoms with Crippen LogP contribution < -0.4 is 10.1 Å². The van der Waals surface area contributed by atoms with Crippen molar-refractivity contribution in [2.45, 2.75) is 37.8 Å². The fraction of sp³-hybridized carbons (Fsp3) is 0.345. The number of nitrogens with one attached hydrogen (secondary N) is 1. The topological polar surface area (TPSA) is 190 Å². The number of carbonyl (C=O) groups excluding carboxylic acids is 5. The Balaban J connectivity index is 1.54. The molecule has 0 aromatic heterocycles. The number of ether oxygens (including phenoxy) is 5. The second-order valence-corrected chi connectivity index (χ2v) is 10.9. The number of methoxy groups -OCH3 is 1. The number of nitrogens with zero attached hydrogens (tertiary/aromatic N) is 2. The molecular weight excluding hydrogens is 614 g/mol. The lowest BCUT2D eigenvalue weighted by molar-refractivity contribution is -0.384. The smallest absolute Gasteiger partial charge is 0.484 e. The number of β-lactam (4-membered cyclic amide) rings is 1. The number of allylic oxidation sites excluding steroid dienone is 1.